The van der Waals surface area contributed by atoms with Crippen LogP contribution in [0.4, 0.5) is 13.2 Å². The number of halogens is 4. The highest BCUT2D eigenvalue weighted by atomic mass is 35.5. The number of hydrogen-bond acceptors (Lipinski definition) is 1. The summed E-state index contributed by atoms with van der Waals surface area (Å²) in [4.78, 5) is 0. The third-order valence-electron chi connectivity index (χ3n) is 1.82. The highest BCUT2D eigenvalue weighted by Gasteiger charge is 2.21. The van der Waals surface area contributed by atoms with E-state index in [2.05, 4.69) is 0 Å². The van der Waals surface area contributed by atoms with E-state index in [0.29, 0.717) is 0 Å². The van der Waals surface area contributed by atoms with Crippen LogP contribution in [0.5, 0.6) is 0 Å². The smallest absolute Gasteiger partial charge is 0.180 e. The van der Waals surface area contributed by atoms with Gasteiger partial charge >= 0.3 is 0 Å². The van der Waals surface area contributed by atoms with Gasteiger partial charge in [0.15, 0.2) is 11.6 Å². The molecule has 1 nitrogen and oxygen atoms in total. The Hall–Kier alpha value is -0.740. The summed E-state index contributed by atoms with van der Waals surface area (Å²) in [7, 11) is 0. The molecule has 0 aliphatic heterocycles. The molecule has 1 aromatic carbocycles. The number of nitrogens with two attached hydrogens (primary N) is 1. The lowest BCUT2D eigenvalue weighted by Crippen LogP contribution is -2.34. The van der Waals surface area contributed by atoms with Crippen LogP contribution in [0.15, 0.2) is 6.07 Å². The van der Waals surface area contributed by atoms with E-state index in [0.717, 1.165) is 6.07 Å². The molecule has 0 unspecified atom stereocenters. The van der Waals surface area contributed by atoms with E-state index in [1.165, 1.54) is 0 Å². The second-order valence-corrected chi connectivity index (χ2v) is 4.50. The van der Waals surface area contributed by atoms with E-state index in [4.69, 9.17) is 17.3 Å². The van der Waals surface area contributed by atoms with Gasteiger partial charge in [0.05, 0.1) is 0 Å². The Morgan fingerprint density at radius 1 is 1.27 bits per heavy atom. The van der Waals surface area contributed by atoms with Crippen LogP contribution in [0.2, 0.25) is 5.02 Å². The molecule has 84 valence electrons. The Morgan fingerprint density at radius 2 is 1.80 bits per heavy atom. The monoisotopic (exact) mass is 237 g/mol. The van der Waals surface area contributed by atoms with Crippen molar-refractivity contribution < 1.29 is 13.2 Å². The zero-order valence-electron chi connectivity index (χ0n) is 8.37. The molecular formula is C10H11ClF3N. The van der Waals surface area contributed by atoms with Gasteiger partial charge in [-0.2, -0.15) is 0 Å². The molecule has 2 N–H and O–H groups in total. The molecule has 0 saturated carbocycles. The van der Waals surface area contributed by atoms with Gasteiger partial charge < -0.3 is 5.73 Å². The molecule has 1 rings (SSSR count). The zero-order valence-corrected chi connectivity index (χ0v) is 9.13. The molecule has 0 aliphatic carbocycles. The first-order valence-electron chi connectivity index (χ1n) is 4.33. The summed E-state index contributed by atoms with van der Waals surface area (Å²) in [6.45, 7) is 3.31. The van der Waals surface area contributed by atoms with Crippen molar-refractivity contribution in [1.29, 1.82) is 0 Å². The topological polar surface area (TPSA) is 26.0 Å². The van der Waals surface area contributed by atoms with Crippen LogP contribution in [-0.2, 0) is 6.42 Å². The van der Waals surface area contributed by atoms with Gasteiger partial charge in [-0.1, -0.05) is 11.6 Å². The van der Waals surface area contributed by atoms with Crippen molar-refractivity contribution in [3.63, 3.8) is 0 Å². The van der Waals surface area contributed by atoms with Crippen molar-refractivity contribution in [2.75, 3.05) is 0 Å². The van der Waals surface area contributed by atoms with E-state index in [-0.39, 0.29) is 12.0 Å². The van der Waals surface area contributed by atoms with Crippen molar-refractivity contribution in [2.45, 2.75) is 25.8 Å². The van der Waals surface area contributed by atoms with Crippen LogP contribution in [0, 0.1) is 17.5 Å². The van der Waals surface area contributed by atoms with Gasteiger partial charge in [0.1, 0.15) is 10.8 Å². The average molecular weight is 238 g/mol. The maximum absolute atomic E-state index is 13.4. The largest absolute Gasteiger partial charge is 0.325 e. The molecule has 0 radical (unpaired) electrons. The van der Waals surface area contributed by atoms with Crippen molar-refractivity contribution in [2.24, 2.45) is 5.73 Å². The van der Waals surface area contributed by atoms with Gasteiger partial charge in [-0.05, 0) is 31.9 Å². The molecule has 0 bridgehead atoms. The van der Waals surface area contributed by atoms with Gasteiger partial charge in [0.2, 0.25) is 0 Å². The van der Waals surface area contributed by atoms with Gasteiger partial charge in [0, 0.05) is 5.54 Å². The molecule has 0 fully saturated rings. The third kappa shape index (κ3) is 2.86. The summed E-state index contributed by atoms with van der Waals surface area (Å²) in [6, 6.07) is 0.783. The lowest BCUT2D eigenvalue weighted by atomic mass is 9.96. The molecule has 5 heteroatoms. The van der Waals surface area contributed by atoms with Crippen molar-refractivity contribution in [3.05, 3.63) is 34.1 Å². The summed E-state index contributed by atoms with van der Waals surface area (Å²) in [5.74, 6) is -3.48. The Kier molecular flexibility index (Phi) is 3.31. The maximum atomic E-state index is 13.4. The molecule has 0 aromatic heterocycles. The van der Waals surface area contributed by atoms with Gasteiger partial charge in [-0.3, -0.25) is 0 Å². The quantitative estimate of drug-likeness (QED) is 0.621. The van der Waals surface area contributed by atoms with Crippen LogP contribution in [0.3, 0.4) is 0 Å². The van der Waals surface area contributed by atoms with Crippen molar-refractivity contribution >= 4 is 11.6 Å². The fraction of sp³-hybridized carbons (Fsp3) is 0.400. The Labute approximate surface area is 91.0 Å². The van der Waals surface area contributed by atoms with Gasteiger partial charge in [0.25, 0.3) is 0 Å². The third-order valence-corrected chi connectivity index (χ3v) is 2.16. The molecule has 15 heavy (non-hydrogen) atoms. The Balaban J connectivity index is 3.21. The standard InChI is InChI=1S/C10H11ClF3N/c1-10(2,15)4-5-3-6(12)9(14)7(11)8(5)13/h3H,4,15H2,1-2H3. The number of rotatable bonds is 2. The van der Waals surface area contributed by atoms with E-state index < -0.39 is 28.0 Å². The lowest BCUT2D eigenvalue weighted by molar-refractivity contribution is 0.469. The van der Waals surface area contributed by atoms with Crippen LogP contribution in [-0.4, -0.2) is 5.54 Å². The lowest BCUT2D eigenvalue weighted by Gasteiger charge is -2.19. The highest BCUT2D eigenvalue weighted by molar-refractivity contribution is 6.31. The molecule has 0 aliphatic rings. The molecular weight excluding hydrogens is 227 g/mol. The van der Waals surface area contributed by atoms with E-state index in [1.807, 2.05) is 0 Å². The fourth-order valence-electron chi connectivity index (χ4n) is 1.24. The van der Waals surface area contributed by atoms with Crippen LogP contribution in [0.25, 0.3) is 0 Å². The predicted octanol–water partition coefficient (Wildman–Crippen LogP) is 3.04. The van der Waals surface area contributed by atoms with Crippen LogP contribution in [0.1, 0.15) is 19.4 Å². The summed E-state index contributed by atoms with van der Waals surface area (Å²) in [6.07, 6.45) is 0.0791. The van der Waals surface area contributed by atoms with Crippen molar-refractivity contribution in [3.8, 4) is 0 Å². The Morgan fingerprint density at radius 3 is 2.27 bits per heavy atom. The molecule has 0 amide bonds. The zero-order chi connectivity index (χ0) is 11.8. The van der Waals surface area contributed by atoms with E-state index >= 15 is 0 Å². The number of benzene rings is 1. The Bertz CT molecular complexity index is 385. The fourth-order valence-corrected chi connectivity index (χ4v) is 1.45. The van der Waals surface area contributed by atoms with E-state index in [1.54, 1.807) is 13.8 Å². The van der Waals surface area contributed by atoms with Gasteiger partial charge in [-0.15, -0.1) is 0 Å². The average Bonchev–Trinajstić information content (AvgIpc) is 2.08. The second kappa shape index (κ2) is 4.02. The molecule has 0 heterocycles. The summed E-state index contributed by atoms with van der Waals surface area (Å²) >= 11 is 5.29. The SMILES string of the molecule is CC(C)(N)Cc1cc(F)c(F)c(Cl)c1F. The second-order valence-electron chi connectivity index (χ2n) is 4.12. The summed E-state index contributed by atoms with van der Waals surface area (Å²) < 4.78 is 39.1. The molecule has 0 saturated heterocycles. The molecule has 1 aromatic rings. The minimum atomic E-state index is -1.37. The normalized spacial score (nSPS) is 11.9. The first kappa shape index (κ1) is 12.3. The first-order chi connectivity index (χ1) is 6.72. The predicted molar refractivity (Wildman–Crippen MR) is 53.3 cm³/mol. The van der Waals surface area contributed by atoms with Crippen molar-refractivity contribution in [1.82, 2.24) is 0 Å². The first-order valence-corrected chi connectivity index (χ1v) is 4.71. The maximum Gasteiger partial charge on any atom is 0.180 e. The van der Waals surface area contributed by atoms with E-state index in [9.17, 15) is 13.2 Å². The van der Waals surface area contributed by atoms with Crippen LogP contribution >= 0.6 is 11.6 Å². The van der Waals surface area contributed by atoms with Crippen LogP contribution < -0.4 is 5.73 Å². The molecule has 0 spiro atoms. The van der Waals surface area contributed by atoms with Gasteiger partial charge in [-0.25, -0.2) is 13.2 Å². The minimum absolute atomic E-state index is 0.0219. The number of hydrogen-bond donors (Lipinski definition) is 1. The highest BCUT2D eigenvalue weighted by Crippen LogP contribution is 2.26. The summed E-state index contributed by atoms with van der Waals surface area (Å²) in [5.41, 5.74) is 4.91. The summed E-state index contributed by atoms with van der Waals surface area (Å²) in [5, 5.41) is -0.825. The molecule has 0 atom stereocenters. The minimum Gasteiger partial charge on any atom is -0.325 e.